The van der Waals surface area contributed by atoms with Crippen LogP contribution in [0.25, 0.3) is 6.08 Å². The maximum Gasteiger partial charge on any atom is 0.338 e. The Kier molecular flexibility index (Phi) is 9.60. The highest BCUT2D eigenvalue weighted by Gasteiger charge is 2.33. The molecule has 0 radical (unpaired) electrons. The van der Waals surface area contributed by atoms with E-state index in [-0.39, 0.29) is 22.6 Å². The van der Waals surface area contributed by atoms with Gasteiger partial charge in [-0.1, -0.05) is 45.5 Å². The summed E-state index contributed by atoms with van der Waals surface area (Å²) in [6.45, 7) is 4.08. The normalized spacial score (nSPS) is 14.4. The van der Waals surface area contributed by atoms with E-state index in [0.29, 0.717) is 20.6 Å². The number of allylic oxidation sites excluding steroid dienone is 1. The molecule has 204 valence electrons. The number of thiazole rings is 1. The molecule has 1 unspecified atom stereocenters. The number of hydrogen-bond acceptors (Lipinski definition) is 9. The van der Waals surface area contributed by atoms with Crippen molar-refractivity contribution in [3.63, 3.8) is 0 Å². The molecule has 4 rings (SSSR count). The topological polar surface area (TPSA) is 133 Å². The summed E-state index contributed by atoms with van der Waals surface area (Å²) in [5, 5.41) is 7.42. The Bertz CT molecular complexity index is 1650. The van der Waals surface area contributed by atoms with Crippen LogP contribution in [0.15, 0.2) is 68.0 Å². The molecule has 3 aromatic rings. The molecule has 12 heteroatoms. The van der Waals surface area contributed by atoms with Crippen molar-refractivity contribution in [3.05, 3.63) is 89.0 Å². The van der Waals surface area contributed by atoms with Gasteiger partial charge < -0.3 is 19.3 Å². The molecule has 2 heterocycles. The lowest BCUT2D eigenvalue weighted by molar-refractivity contribution is -0.137. The van der Waals surface area contributed by atoms with Gasteiger partial charge in [0.1, 0.15) is 0 Å². The van der Waals surface area contributed by atoms with E-state index in [1.54, 1.807) is 31.2 Å². The Balaban J connectivity index is 0.000000983. The van der Waals surface area contributed by atoms with Gasteiger partial charge in [0, 0.05) is 18.3 Å². The largest absolute Gasteiger partial charge is 0.493 e. The fourth-order valence-corrected chi connectivity index (χ4v) is 5.31. The van der Waals surface area contributed by atoms with E-state index in [9.17, 15) is 14.4 Å². The van der Waals surface area contributed by atoms with Crippen molar-refractivity contribution in [1.29, 1.82) is 0 Å². The van der Waals surface area contributed by atoms with Gasteiger partial charge in [-0.2, -0.15) is 0 Å². The van der Waals surface area contributed by atoms with Crippen LogP contribution in [0.2, 0.25) is 0 Å². The number of hydrogen-bond donors (Lipinski definition) is 1. The van der Waals surface area contributed by atoms with Crippen LogP contribution in [-0.2, 0) is 19.1 Å². The molecular formula is C27H25BrN2O8S. The Morgan fingerprint density at radius 3 is 2.38 bits per heavy atom. The number of rotatable bonds is 5. The smallest absolute Gasteiger partial charge is 0.338 e. The van der Waals surface area contributed by atoms with Crippen molar-refractivity contribution in [2.75, 3.05) is 14.2 Å². The van der Waals surface area contributed by atoms with Gasteiger partial charge in [-0.25, -0.2) is 9.79 Å². The van der Waals surface area contributed by atoms with Crippen LogP contribution in [0.3, 0.4) is 0 Å². The Labute approximate surface area is 235 Å². The van der Waals surface area contributed by atoms with Gasteiger partial charge in [-0.3, -0.25) is 19.0 Å². The molecule has 1 N–H and O–H groups in total. The number of benzene rings is 2. The van der Waals surface area contributed by atoms with Crippen molar-refractivity contribution in [1.82, 2.24) is 4.57 Å². The SMILES string of the molecule is CC(=O)O.COC(=O)C1=C(C)N=c2s/c(=C/c3cccc(Br)c3)c(=O)n2C1c1ccc(OC(C)=O)c(OC)c1. The predicted molar refractivity (Wildman–Crippen MR) is 148 cm³/mol. The third kappa shape index (κ3) is 6.89. The Morgan fingerprint density at radius 2 is 1.79 bits per heavy atom. The number of carboxylic acids is 1. The minimum absolute atomic E-state index is 0.228. The van der Waals surface area contributed by atoms with Gasteiger partial charge >= 0.3 is 11.9 Å². The third-order valence-electron chi connectivity index (χ3n) is 5.33. The molecular weight excluding hydrogens is 592 g/mol. The fourth-order valence-electron chi connectivity index (χ4n) is 3.85. The second kappa shape index (κ2) is 12.7. The average molecular weight is 617 g/mol. The summed E-state index contributed by atoms with van der Waals surface area (Å²) in [4.78, 5) is 51.9. The average Bonchev–Trinajstić information content (AvgIpc) is 3.16. The van der Waals surface area contributed by atoms with E-state index in [0.717, 1.165) is 17.0 Å². The molecule has 39 heavy (non-hydrogen) atoms. The monoisotopic (exact) mass is 616 g/mol. The van der Waals surface area contributed by atoms with Gasteiger partial charge in [-0.05, 0) is 48.4 Å². The lowest BCUT2D eigenvalue weighted by Crippen LogP contribution is -2.39. The van der Waals surface area contributed by atoms with Crippen molar-refractivity contribution < 1.29 is 33.7 Å². The number of aromatic nitrogens is 1. The molecule has 10 nitrogen and oxygen atoms in total. The van der Waals surface area contributed by atoms with Gasteiger partial charge in [-0.15, -0.1) is 0 Å². The van der Waals surface area contributed by atoms with Gasteiger partial charge in [0.15, 0.2) is 16.3 Å². The lowest BCUT2D eigenvalue weighted by Gasteiger charge is -2.25. The van der Waals surface area contributed by atoms with E-state index in [4.69, 9.17) is 24.1 Å². The summed E-state index contributed by atoms with van der Waals surface area (Å²) in [5.74, 6) is -1.41. The number of carbonyl (C=O) groups excluding carboxylic acids is 2. The second-order valence-electron chi connectivity index (χ2n) is 8.15. The van der Waals surface area contributed by atoms with E-state index in [1.165, 1.54) is 37.0 Å². The summed E-state index contributed by atoms with van der Waals surface area (Å²) >= 11 is 4.68. The Morgan fingerprint density at radius 1 is 1.10 bits per heavy atom. The van der Waals surface area contributed by atoms with E-state index < -0.39 is 23.9 Å². The third-order valence-corrected chi connectivity index (χ3v) is 6.81. The number of carboxylic acid groups (broad SMARTS) is 1. The van der Waals surface area contributed by atoms with Crippen LogP contribution in [0.5, 0.6) is 11.5 Å². The van der Waals surface area contributed by atoms with Crippen LogP contribution in [0.1, 0.15) is 37.9 Å². The number of aliphatic carboxylic acids is 1. The van der Waals surface area contributed by atoms with E-state index in [1.807, 2.05) is 24.3 Å². The summed E-state index contributed by atoms with van der Waals surface area (Å²) in [6, 6.07) is 11.6. The number of fused-ring (bicyclic) bond motifs is 1. The molecule has 0 saturated heterocycles. The molecule has 0 aliphatic carbocycles. The molecule has 0 fully saturated rings. The van der Waals surface area contributed by atoms with Crippen LogP contribution in [0.4, 0.5) is 0 Å². The highest BCUT2D eigenvalue weighted by Crippen LogP contribution is 2.36. The molecule has 0 spiro atoms. The summed E-state index contributed by atoms with van der Waals surface area (Å²) in [7, 11) is 2.72. The zero-order chi connectivity index (χ0) is 28.9. The molecule has 1 aliphatic rings. The number of ether oxygens (including phenoxy) is 3. The first-order chi connectivity index (χ1) is 18.5. The van der Waals surface area contributed by atoms with E-state index >= 15 is 0 Å². The van der Waals surface area contributed by atoms with Crippen LogP contribution >= 0.6 is 27.3 Å². The first-order valence-electron chi connectivity index (χ1n) is 11.4. The van der Waals surface area contributed by atoms with Crippen molar-refractivity contribution in [2.24, 2.45) is 4.99 Å². The minimum Gasteiger partial charge on any atom is -0.493 e. The highest BCUT2D eigenvalue weighted by molar-refractivity contribution is 9.10. The summed E-state index contributed by atoms with van der Waals surface area (Å²) in [5.41, 5.74) is 1.80. The number of halogens is 1. The van der Waals surface area contributed by atoms with Crippen LogP contribution < -0.4 is 24.4 Å². The van der Waals surface area contributed by atoms with Crippen molar-refractivity contribution in [2.45, 2.75) is 26.8 Å². The van der Waals surface area contributed by atoms with Crippen molar-refractivity contribution >= 4 is 51.3 Å². The molecule has 1 atom stereocenters. The zero-order valence-corrected chi connectivity index (χ0v) is 24.1. The van der Waals surface area contributed by atoms with Crippen molar-refractivity contribution in [3.8, 4) is 11.5 Å². The molecule has 0 saturated carbocycles. The highest BCUT2D eigenvalue weighted by atomic mass is 79.9. The predicted octanol–water partition coefficient (Wildman–Crippen LogP) is 3.20. The molecule has 1 aliphatic heterocycles. The number of nitrogens with zero attached hydrogens (tertiary/aromatic N) is 2. The summed E-state index contributed by atoms with van der Waals surface area (Å²) < 4.78 is 18.5. The number of carbonyl (C=O) groups is 3. The van der Waals surface area contributed by atoms with E-state index in [2.05, 4.69) is 20.9 Å². The van der Waals surface area contributed by atoms with Gasteiger partial charge in [0.2, 0.25) is 0 Å². The van der Waals surface area contributed by atoms with Crippen LogP contribution in [0, 0.1) is 0 Å². The maximum atomic E-state index is 13.6. The lowest BCUT2D eigenvalue weighted by atomic mass is 9.95. The quantitative estimate of drug-likeness (QED) is 0.341. The minimum atomic E-state index is -0.833. The molecule has 0 bridgehead atoms. The van der Waals surface area contributed by atoms with Gasteiger partial charge in [0.25, 0.3) is 11.5 Å². The zero-order valence-electron chi connectivity index (χ0n) is 21.7. The second-order valence-corrected chi connectivity index (χ2v) is 10.1. The fraction of sp³-hybridized carbons (Fsp3) is 0.222. The number of methoxy groups -OCH3 is 2. The standard InChI is InChI=1S/C25H21BrN2O6S.C2H4O2/c1-13-21(24(31)33-4)22(16-8-9-18(34-14(2)29)19(12-16)32-3)28-23(30)20(35-25(28)27-13)11-15-6-5-7-17(26)10-15;1-2(3)4/h5-12,22H,1-4H3;1H3,(H,3,4)/b20-11+;. The first-order valence-corrected chi connectivity index (χ1v) is 13.0. The summed E-state index contributed by atoms with van der Waals surface area (Å²) in [6.07, 6.45) is 1.78. The molecule has 0 amide bonds. The Hall–Kier alpha value is -4.03. The van der Waals surface area contributed by atoms with Gasteiger partial charge in [0.05, 0.1) is 36.1 Å². The molecule has 2 aromatic carbocycles. The van der Waals surface area contributed by atoms with Crippen LogP contribution in [-0.4, -0.2) is 41.8 Å². The first kappa shape index (κ1) is 29.5. The number of esters is 2. The molecule has 1 aromatic heterocycles. The maximum absolute atomic E-state index is 13.6.